The zero-order valence-electron chi connectivity index (χ0n) is 14.3. The van der Waals surface area contributed by atoms with E-state index in [2.05, 4.69) is 0 Å². The molecule has 0 aromatic heterocycles. The minimum Gasteiger partial charge on any atom is -0.493 e. The highest BCUT2D eigenvalue weighted by Crippen LogP contribution is 2.51. The van der Waals surface area contributed by atoms with E-state index in [4.69, 9.17) is 23.7 Å². The van der Waals surface area contributed by atoms with Crippen molar-refractivity contribution in [1.29, 1.82) is 0 Å². The molecule has 2 aliphatic rings. The molecule has 2 aliphatic heterocycles. The average molecular weight is 344 g/mol. The first-order chi connectivity index (χ1) is 12.1. The monoisotopic (exact) mass is 344 g/mol. The molecule has 0 aliphatic carbocycles. The van der Waals surface area contributed by atoms with Gasteiger partial charge in [0.2, 0.25) is 13.1 Å². The molecule has 0 fully saturated rings. The number of rotatable bonds is 3. The summed E-state index contributed by atoms with van der Waals surface area (Å²) in [6.07, 6.45) is -0.936. The summed E-state index contributed by atoms with van der Waals surface area (Å²) in [5, 5.41) is 10.4. The van der Waals surface area contributed by atoms with Gasteiger partial charge in [0.05, 0.1) is 14.2 Å². The molecule has 6 heteroatoms. The van der Waals surface area contributed by atoms with E-state index in [1.165, 1.54) is 0 Å². The predicted octanol–water partition coefficient (Wildman–Crippen LogP) is 2.91. The van der Waals surface area contributed by atoms with E-state index in [1.807, 2.05) is 31.2 Å². The van der Waals surface area contributed by atoms with E-state index in [1.54, 1.807) is 20.3 Å². The van der Waals surface area contributed by atoms with Gasteiger partial charge in [0.15, 0.2) is 23.0 Å². The molecule has 0 radical (unpaired) electrons. The van der Waals surface area contributed by atoms with Crippen LogP contribution < -0.4 is 23.7 Å². The van der Waals surface area contributed by atoms with Gasteiger partial charge in [-0.05, 0) is 12.1 Å². The molecule has 0 spiro atoms. The van der Waals surface area contributed by atoms with Gasteiger partial charge in [0.25, 0.3) is 0 Å². The quantitative estimate of drug-likeness (QED) is 0.923. The minimum absolute atomic E-state index is 0.140. The summed E-state index contributed by atoms with van der Waals surface area (Å²) >= 11 is 0. The Balaban J connectivity index is 1.90. The Bertz CT molecular complexity index is 803. The molecule has 2 aromatic carbocycles. The Kier molecular flexibility index (Phi) is 3.84. The number of hydrogen-bond donors (Lipinski definition) is 1. The van der Waals surface area contributed by atoms with Crippen LogP contribution in [0.2, 0.25) is 0 Å². The molecule has 0 bridgehead atoms. The van der Waals surface area contributed by atoms with Crippen LogP contribution >= 0.6 is 0 Å². The number of aliphatic hydroxyl groups excluding tert-OH is 1. The van der Waals surface area contributed by atoms with Gasteiger partial charge in [-0.25, -0.2) is 0 Å². The molecule has 3 atom stereocenters. The summed E-state index contributed by atoms with van der Waals surface area (Å²) in [5.41, 5.74) is 1.85. The summed E-state index contributed by atoms with van der Waals surface area (Å²) in [4.78, 5) is 0. The second-order valence-electron chi connectivity index (χ2n) is 6.17. The number of benzene rings is 2. The molecule has 132 valence electrons. The van der Waals surface area contributed by atoms with Crippen LogP contribution in [0, 0.1) is 5.92 Å². The first-order valence-corrected chi connectivity index (χ1v) is 8.13. The van der Waals surface area contributed by atoms with Crippen LogP contribution in [0.4, 0.5) is 0 Å². The lowest BCUT2D eigenvalue weighted by atomic mass is 9.78. The Morgan fingerprint density at radius 2 is 1.76 bits per heavy atom. The van der Waals surface area contributed by atoms with Crippen LogP contribution in [0.5, 0.6) is 28.7 Å². The van der Waals surface area contributed by atoms with Gasteiger partial charge in [0, 0.05) is 29.0 Å². The van der Waals surface area contributed by atoms with Crippen molar-refractivity contribution in [3.63, 3.8) is 0 Å². The van der Waals surface area contributed by atoms with Gasteiger partial charge in [0.1, 0.15) is 5.75 Å². The van der Waals surface area contributed by atoms with E-state index >= 15 is 0 Å². The largest absolute Gasteiger partial charge is 0.493 e. The zero-order valence-corrected chi connectivity index (χ0v) is 14.3. The van der Waals surface area contributed by atoms with Crippen molar-refractivity contribution in [2.75, 3.05) is 21.0 Å². The van der Waals surface area contributed by atoms with Gasteiger partial charge in [-0.2, -0.15) is 0 Å². The highest BCUT2D eigenvalue weighted by atomic mass is 16.7. The van der Waals surface area contributed by atoms with Crippen LogP contribution in [0.15, 0.2) is 30.3 Å². The molecular weight excluding hydrogens is 324 g/mol. The number of fused-ring (bicyclic) bond motifs is 2. The fourth-order valence-corrected chi connectivity index (χ4v) is 3.58. The second kappa shape index (κ2) is 6.04. The van der Waals surface area contributed by atoms with Gasteiger partial charge in [-0.3, -0.25) is 0 Å². The third kappa shape index (κ3) is 2.44. The highest BCUT2D eigenvalue weighted by molar-refractivity contribution is 5.59. The smallest absolute Gasteiger partial charge is 0.231 e. The van der Waals surface area contributed by atoms with Crippen molar-refractivity contribution < 1.29 is 28.8 Å². The molecular formula is C19H20O6. The predicted molar refractivity (Wildman–Crippen MR) is 89.8 cm³/mol. The van der Waals surface area contributed by atoms with E-state index in [9.17, 15) is 5.11 Å². The van der Waals surface area contributed by atoms with Crippen molar-refractivity contribution in [2.24, 2.45) is 5.92 Å². The van der Waals surface area contributed by atoms with Crippen LogP contribution in [-0.4, -0.2) is 32.4 Å². The number of methoxy groups -OCH3 is 2. The second-order valence-corrected chi connectivity index (χ2v) is 6.17. The van der Waals surface area contributed by atoms with E-state index < -0.39 is 6.29 Å². The Hall–Kier alpha value is -2.60. The maximum atomic E-state index is 10.4. The number of hydrogen-bond acceptors (Lipinski definition) is 6. The van der Waals surface area contributed by atoms with Gasteiger partial charge in [-0.15, -0.1) is 0 Å². The molecule has 0 saturated carbocycles. The summed E-state index contributed by atoms with van der Waals surface area (Å²) in [6, 6.07) is 9.44. The number of aliphatic hydroxyl groups is 1. The lowest BCUT2D eigenvalue weighted by molar-refractivity contribution is -0.0730. The molecule has 25 heavy (non-hydrogen) atoms. The van der Waals surface area contributed by atoms with Crippen molar-refractivity contribution >= 4 is 0 Å². The van der Waals surface area contributed by atoms with Crippen LogP contribution in [0.3, 0.4) is 0 Å². The fourth-order valence-electron chi connectivity index (χ4n) is 3.58. The standard InChI is InChI=1S/C19H20O6/c1-10-17(11-5-4-6-13(21-2)18(11)22-3)12-7-15-16(24-9-23-15)8-14(12)25-19(10)20/h4-8,10,17,19-20H,9H2,1-3H3/t10-,17-,19+/m1/s1. The summed E-state index contributed by atoms with van der Waals surface area (Å²) < 4.78 is 27.7. The van der Waals surface area contributed by atoms with Gasteiger partial charge >= 0.3 is 0 Å². The highest BCUT2D eigenvalue weighted by Gasteiger charge is 2.39. The Labute approximate surface area is 145 Å². The summed E-state index contributed by atoms with van der Waals surface area (Å²) in [6.45, 7) is 2.13. The maximum Gasteiger partial charge on any atom is 0.231 e. The number of para-hydroxylation sites is 1. The molecule has 0 amide bonds. The average Bonchev–Trinajstić information content (AvgIpc) is 3.08. The van der Waals surface area contributed by atoms with Crippen molar-refractivity contribution in [2.45, 2.75) is 19.1 Å². The topological polar surface area (TPSA) is 66.4 Å². The first-order valence-electron chi connectivity index (χ1n) is 8.13. The molecule has 1 N–H and O–H groups in total. The first kappa shape index (κ1) is 15.9. The van der Waals surface area contributed by atoms with Crippen LogP contribution in [0.1, 0.15) is 24.0 Å². The maximum absolute atomic E-state index is 10.4. The van der Waals surface area contributed by atoms with Crippen LogP contribution in [0.25, 0.3) is 0 Å². The van der Waals surface area contributed by atoms with E-state index in [0.717, 1.165) is 11.1 Å². The van der Waals surface area contributed by atoms with Crippen molar-refractivity contribution in [3.05, 3.63) is 41.5 Å². The number of ether oxygens (including phenoxy) is 5. The third-order valence-corrected chi connectivity index (χ3v) is 4.83. The normalized spacial score (nSPS) is 23.6. The van der Waals surface area contributed by atoms with Gasteiger partial charge in [-0.1, -0.05) is 19.1 Å². The van der Waals surface area contributed by atoms with Crippen LogP contribution in [-0.2, 0) is 0 Å². The molecule has 6 nitrogen and oxygen atoms in total. The van der Waals surface area contributed by atoms with E-state index in [0.29, 0.717) is 28.7 Å². The van der Waals surface area contributed by atoms with Crippen molar-refractivity contribution in [1.82, 2.24) is 0 Å². The van der Waals surface area contributed by atoms with E-state index in [-0.39, 0.29) is 18.6 Å². The Morgan fingerprint density at radius 3 is 2.48 bits per heavy atom. The van der Waals surface area contributed by atoms with Gasteiger partial charge < -0.3 is 28.8 Å². The summed E-state index contributed by atoms with van der Waals surface area (Å²) in [7, 11) is 3.22. The zero-order chi connectivity index (χ0) is 17.6. The lowest BCUT2D eigenvalue weighted by Gasteiger charge is -2.36. The molecule has 0 saturated heterocycles. The van der Waals surface area contributed by atoms with Crippen molar-refractivity contribution in [3.8, 4) is 28.7 Å². The lowest BCUT2D eigenvalue weighted by Crippen LogP contribution is -2.34. The third-order valence-electron chi connectivity index (χ3n) is 4.83. The molecule has 2 aromatic rings. The molecule has 2 heterocycles. The fraction of sp³-hybridized carbons (Fsp3) is 0.368. The Morgan fingerprint density at radius 1 is 1.00 bits per heavy atom. The SMILES string of the molecule is COc1cccc([C@@H]2c3cc4c(cc3O[C@H](O)[C@@H]2C)OCO4)c1OC. The minimum atomic E-state index is -0.936. The molecule has 0 unspecified atom stereocenters. The summed E-state index contributed by atoms with van der Waals surface area (Å²) in [5.74, 6) is 2.86. The molecule has 4 rings (SSSR count).